The summed E-state index contributed by atoms with van der Waals surface area (Å²) in [4.78, 5) is 17.8. The van der Waals surface area contributed by atoms with Crippen LogP contribution in [-0.2, 0) is 0 Å². The SMILES string of the molecule is Fc1cccnc1N1CC2CC1CN2c1cnc2cc(Cl)ccc2n1. The third-order valence-electron chi connectivity index (χ3n) is 5.04. The molecule has 0 amide bonds. The molecule has 0 N–H and O–H groups in total. The Morgan fingerprint density at radius 3 is 2.68 bits per heavy atom. The Kier molecular flexibility index (Phi) is 3.28. The molecule has 126 valence electrons. The molecular formula is C18H15ClFN5. The number of hydrogen-bond donors (Lipinski definition) is 0. The van der Waals surface area contributed by atoms with Crippen molar-refractivity contribution in [3.05, 3.63) is 53.6 Å². The van der Waals surface area contributed by atoms with Crippen LogP contribution < -0.4 is 9.80 Å². The van der Waals surface area contributed by atoms with Gasteiger partial charge in [0.2, 0.25) is 0 Å². The first-order valence-corrected chi connectivity index (χ1v) is 8.63. The highest BCUT2D eigenvalue weighted by molar-refractivity contribution is 6.31. The molecule has 5 nitrogen and oxygen atoms in total. The van der Waals surface area contributed by atoms with Gasteiger partial charge in [0.05, 0.1) is 29.3 Å². The molecule has 2 unspecified atom stereocenters. The number of piperazine rings is 1. The number of pyridine rings is 1. The van der Waals surface area contributed by atoms with Gasteiger partial charge in [0, 0.05) is 24.3 Å². The Hall–Kier alpha value is -2.47. The van der Waals surface area contributed by atoms with Crippen molar-refractivity contribution in [2.24, 2.45) is 0 Å². The first-order valence-electron chi connectivity index (χ1n) is 8.25. The standard InChI is InChI=1S/C18H15ClFN5/c19-11-3-4-15-16(6-11)22-8-17(23-15)24-9-13-7-12(24)10-25(13)18-14(20)2-1-5-21-18/h1-6,8,12-13H,7,9-10H2. The van der Waals surface area contributed by atoms with Crippen LogP contribution in [0.3, 0.4) is 0 Å². The lowest BCUT2D eigenvalue weighted by Gasteiger charge is -2.35. The van der Waals surface area contributed by atoms with Gasteiger partial charge in [0.1, 0.15) is 5.82 Å². The van der Waals surface area contributed by atoms with Gasteiger partial charge in [-0.05, 0) is 36.8 Å². The molecule has 0 spiro atoms. The van der Waals surface area contributed by atoms with E-state index in [4.69, 9.17) is 16.6 Å². The van der Waals surface area contributed by atoms with Crippen LogP contribution >= 0.6 is 11.6 Å². The Balaban J connectivity index is 1.42. The summed E-state index contributed by atoms with van der Waals surface area (Å²) in [5, 5.41) is 0.655. The summed E-state index contributed by atoms with van der Waals surface area (Å²) in [6.07, 6.45) is 4.42. The van der Waals surface area contributed by atoms with E-state index in [1.165, 1.54) is 6.07 Å². The van der Waals surface area contributed by atoms with Gasteiger partial charge >= 0.3 is 0 Å². The lowest BCUT2D eigenvalue weighted by atomic mass is 10.2. The highest BCUT2D eigenvalue weighted by Gasteiger charge is 2.45. The summed E-state index contributed by atoms with van der Waals surface area (Å²) in [5.74, 6) is 1.06. The van der Waals surface area contributed by atoms with E-state index in [0.717, 1.165) is 36.4 Å². The molecular weight excluding hydrogens is 341 g/mol. The smallest absolute Gasteiger partial charge is 0.165 e. The van der Waals surface area contributed by atoms with Crippen molar-refractivity contribution in [3.8, 4) is 0 Å². The van der Waals surface area contributed by atoms with E-state index in [1.54, 1.807) is 18.5 Å². The van der Waals surface area contributed by atoms with Gasteiger partial charge in [-0.2, -0.15) is 0 Å². The first-order chi connectivity index (χ1) is 12.2. The van der Waals surface area contributed by atoms with Gasteiger partial charge in [-0.1, -0.05) is 11.6 Å². The second-order valence-electron chi connectivity index (χ2n) is 6.52. The minimum absolute atomic E-state index is 0.247. The third kappa shape index (κ3) is 2.40. The van der Waals surface area contributed by atoms with E-state index in [1.807, 2.05) is 18.2 Å². The molecule has 7 heteroatoms. The Morgan fingerprint density at radius 2 is 1.88 bits per heavy atom. The van der Waals surface area contributed by atoms with Crippen molar-refractivity contribution in [2.75, 3.05) is 22.9 Å². The maximum absolute atomic E-state index is 14.0. The van der Waals surface area contributed by atoms with Crippen LogP contribution in [0.5, 0.6) is 0 Å². The Morgan fingerprint density at radius 1 is 1.04 bits per heavy atom. The van der Waals surface area contributed by atoms with Crippen LogP contribution in [0.1, 0.15) is 6.42 Å². The molecule has 1 aromatic carbocycles. The largest absolute Gasteiger partial charge is 0.348 e. The van der Waals surface area contributed by atoms with Crippen molar-refractivity contribution >= 4 is 34.3 Å². The van der Waals surface area contributed by atoms with Crippen molar-refractivity contribution in [2.45, 2.75) is 18.5 Å². The van der Waals surface area contributed by atoms with Crippen LogP contribution in [0.25, 0.3) is 11.0 Å². The molecule has 4 heterocycles. The summed E-state index contributed by atoms with van der Waals surface area (Å²) in [6.45, 7) is 1.55. The van der Waals surface area contributed by atoms with Crippen LogP contribution in [0.15, 0.2) is 42.7 Å². The molecule has 2 saturated heterocycles. The van der Waals surface area contributed by atoms with Gasteiger partial charge < -0.3 is 9.80 Å². The number of anilines is 2. The Bertz CT molecular complexity index is 965. The number of benzene rings is 1. The average Bonchev–Trinajstić information content (AvgIpc) is 3.22. The maximum Gasteiger partial charge on any atom is 0.165 e. The number of rotatable bonds is 2. The number of nitrogens with zero attached hydrogens (tertiary/aromatic N) is 5. The predicted octanol–water partition coefficient (Wildman–Crippen LogP) is 3.28. The van der Waals surface area contributed by atoms with E-state index >= 15 is 0 Å². The number of hydrogen-bond acceptors (Lipinski definition) is 5. The normalized spacial score (nSPS) is 22.2. The zero-order chi connectivity index (χ0) is 17.0. The number of fused-ring (bicyclic) bond motifs is 3. The molecule has 2 fully saturated rings. The Labute approximate surface area is 149 Å². The average molecular weight is 356 g/mol. The van der Waals surface area contributed by atoms with E-state index in [2.05, 4.69) is 19.8 Å². The lowest BCUT2D eigenvalue weighted by Crippen LogP contribution is -2.47. The van der Waals surface area contributed by atoms with Crippen molar-refractivity contribution in [3.63, 3.8) is 0 Å². The first kappa shape index (κ1) is 14.8. The van der Waals surface area contributed by atoms with Gasteiger partial charge in [-0.15, -0.1) is 0 Å². The van der Waals surface area contributed by atoms with E-state index in [-0.39, 0.29) is 11.9 Å². The van der Waals surface area contributed by atoms with Gasteiger partial charge in [0.25, 0.3) is 0 Å². The lowest BCUT2D eigenvalue weighted by molar-refractivity contribution is 0.583. The molecule has 2 aromatic heterocycles. The highest BCUT2D eigenvalue weighted by atomic mass is 35.5. The zero-order valence-corrected chi connectivity index (χ0v) is 14.1. The molecule has 5 rings (SSSR count). The van der Waals surface area contributed by atoms with Crippen LogP contribution in [0.4, 0.5) is 16.0 Å². The zero-order valence-electron chi connectivity index (χ0n) is 13.3. The fourth-order valence-electron chi connectivity index (χ4n) is 3.91. The molecule has 2 aliphatic heterocycles. The van der Waals surface area contributed by atoms with Gasteiger partial charge in [0.15, 0.2) is 11.6 Å². The van der Waals surface area contributed by atoms with Gasteiger partial charge in [-0.3, -0.25) is 4.98 Å². The summed E-state index contributed by atoms with van der Waals surface area (Å²) in [7, 11) is 0. The molecule has 3 aromatic rings. The molecule has 2 atom stereocenters. The molecule has 25 heavy (non-hydrogen) atoms. The molecule has 0 radical (unpaired) electrons. The van der Waals surface area contributed by atoms with Crippen molar-refractivity contribution in [1.29, 1.82) is 0 Å². The summed E-state index contributed by atoms with van der Waals surface area (Å²) >= 11 is 6.00. The highest BCUT2D eigenvalue weighted by Crippen LogP contribution is 2.36. The molecule has 0 saturated carbocycles. The number of aromatic nitrogens is 3. The summed E-state index contributed by atoms with van der Waals surface area (Å²) in [6, 6.07) is 9.16. The fourth-order valence-corrected chi connectivity index (χ4v) is 4.07. The predicted molar refractivity (Wildman–Crippen MR) is 95.6 cm³/mol. The molecule has 0 aliphatic carbocycles. The van der Waals surface area contributed by atoms with E-state index in [0.29, 0.717) is 16.9 Å². The second-order valence-corrected chi connectivity index (χ2v) is 6.95. The van der Waals surface area contributed by atoms with Crippen LogP contribution in [-0.4, -0.2) is 40.1 Å². The van der Waals surface area contributed by atoms with Crippen LogP contribution in [0, 0.1) is 5.82 Å². The second kappa shape index (κ2) is 5.52. The monoisotopic (exact) mass is 355 g/mol. The molecule has 2 bridgehead atoms. The minimum atomic E-state index is -0.260. The third-order valence-corrected chi connectivity index (χ3v) is 5.27. The van der Waals surface area contributed by atoms with E-state index < -0.39 is 0 Å². The van der Waals surface area contributed by atoms with E-state index in [9.17, 15) is 4.39 Å². The van der Waals surface area contributed by atoms with Crippen molar-refractivity contribution in [1.82, 2.24) is 15.0 Å². The molecule has 2 aliphatic rings. The van der Waals surface area contributed by atoms with Crippen LogP contribution in [0.2, 0.25) is 5.02 Å². The fraction of sp³-hybridized carbons (Fsp3) is 0.278. The number of halogens is 2. The topological polar surface area (TPSA) is 45.2 Å². The quantitative estimate of drug-likeness (QED) is 0.706. The van der Waals surface area contributed by atoms with Gasteiger partial charge in [-0.25, -0.2) is 14.4 Å². The minimum Gasteiger partial charge on any atom is -0.348 e. The summed E-state index contributed by atoms with van der Waals surface area (Å²) in [5.41, 5.74) is 1.62. The maximum atomic E-state index is 14.0. The van der Waals surface area contributed by atoms with Crippen molar-refractivity contribution < 1.29 is 4.39 Å². The summed E-state index contributed by atoms with van der Waals surface area (Å²) < 4.78 is 14.0.